The molecule has 4 heteroatoms. The summed E-state index contributed by atoms with van der Waals surface area (Å²) >= 11 is 6.03. The van der Waals surface area contributed by atoms with Gasteiger partial charge in [-0.1, -0.05) is 91.7 Å². The number of halogens is 1. The van der Waals surface area contributed by atoms with Crippen LogP contribution in [0, 0.1) is 6.92 Å². The summed E-state index contributed by atoms with van der Waals surface area (Å²) in [5.74, 6) is -0.121. The number of hydrogen-bond acceptors (Lipinski definition) is 2. The number of aliphatic hydroxyl groups excluding tert-OH is 1. The van der Waals surface area contributed by atoms with Gasteiger partial charge < -0.3 is 10.0 Å². The molecule has 0 radical (unpaired) electrons. The van der Waals surface area contributed by atoms with Crippen LogP contribution in [0.3, 0.4) is 0 Å². The van der Waals surface area contributed by atoms with E-state index in [1.807, 2.05) is 55.5 Å². The summed E-state index contributed by atoms with van der Waals surface area (Å²) in [4.78, 5) is 14.9. The molecular formula is C27H26ClNO2. The number of carbonyl (C=O) groups is 1. The van der Waals surface area contributed by atoms with Crippen molar-refractivity contribution in [3.8, 4) is 0 Å². The summed E-state index contributed by atoms with van der Waals surface area (Å²) in [5.41, 5.74) is 5.81. The van der Waals surface area contributed by atoms with Gasteiger partial charge in [0.1, 0.15) is 0 Å². The monoisotopic (exact) mass is 431 g/mol. The van der Waals surface area contributed by atoms with Crippen LogP contribution >= 0.6 is 11.6 Å². The lowest BCUT2D eigenvalue weighted by atomic mass is 9.91. The number of carbonyl (C=O) groups excluding carboxylic acids is 1. The summed E-state index contributed by atoms with van der Waals surface area (Å²) < 4.78 is 0. The van der Waals surface area contributed by atoms with E-state index < -0.39 is 0 Å². The standard InChI is InChI=1S/C27H26ClNO2/c1-17(2)20-10-12-22(13-11-20)25-24(21-8-4-18(3)5-9-21)26(30)27(31)29(25)16-19-6-14-23(28)15-7-19/h4-15,17,25,30H,16H2,1-3H3/t25-/m1/s1. The van der Waals surface area contributed by atoms with Gasteiger partial charge in [-0.3, -0.25) is 4.79 Å². The van der Waals surface area contributed by atoms with Gasteiger partial charge in [0.15, 0.2) is 5.76 Å². The molecule has 0 saturated heterocycles. The number of nitrogens with zero attached hydrogens (tertiary/aromatic N) is 1. The molecule has 3 aromatic carbocycles. The quantitative estimate of drug-likeness (QED) is 0.481. The Morgan fingerprint density at radius 2 is 1.55 bits per heavy atom. The minimum Gasteiger partial charge on any atom is -0.503 e. The smallest absolute Gasteiger partial charge is 0.290 e. The third kappa shape index (κ3) is 4.24. The van der Waals surface area contributed by atoms with Gasteiger partial charge in [-0.15, -0.1) is 0 Å². The van der Waals surface area contributed by atoms with Gasteiger partial charge in [0.25, 0.3) is 5.91 Å². The highest BCUT2D eigenvalue weighted by Crippen LogP contribution is 2.44. The highest BCUT2D eigenvalue weighted by molar-refractivity contribution is 6.30. The van der Waals surface area contributed by atoms with Crippen LogP contribution in [0.4, 0.5) is 0 Å². The molecule has 158 valence electrons. The number of hydrogen-bond donors (Lipinski definition) is 1. The molecule has 4 rings (SSSR count). The van der Waals surface area contributed by atoms with E-state index in [1.54, 1.807) is 4.90 Å². The Labute approximate surface area is 188 Å². The van der Waals surface area contributed by atoms with Gasteiger partial charge in [0, 0.05) is 17.1 Å². The maximum atomic E-state index is 13.2. The van der Waals surface area contributed by atoms with E-state index in [1.165, 1.54) is 5.56 Å². The van der Waals surface area contributed by atoms with Crippen molar-refractivity contribution in [3.05, 3.63) is 111 Å². The molecule has 1 heterocycles. The van der Waals surface area contributed by atoms with Crippen molar-refractivity contribution >= 4 is 23.1 Å². The molecule has 3 aromatic rings. The number of rotatable bonds is 5. The Hall–Kier alpha value is -3.04. The molecule has 0 fully saturated rings. The lowest BCUT2D eigenvalue weighted by Gasteiger charge is -2.28. The first kappa shape index (κ1) is 21.2. The first-order valence-electron chi connectivity index (χ1n) is 10.5. The average Bonchev–Trinajstić information content (AvgIpc) is 3.01. The minimum atomic E-state index is -0.368. The van der Waals surface area contributed by atoms with Crippen LogP contribution in [-0.2, 0) is 11.3 Å². The SMILES string of the molecule is Cc1ccc(C2=C(O)C(=O)N(Cc3ccc(Cl)cc3)[C@@H]2c2ccc(C(C)C)cc2)cc1. The van der Waals surface area contributed by atoms with Gasteiger partial charge in [0.05, 0.1) is 6.04 Å². The van der Waals surface area contributed by atoms with Gasteiger partial charge in [-0.05, 0) is 47.2 Å². The van der Waals surface area contributed by atoms with Crippen LogP contribution in [0.5, 0.6) is 0 Å². The molecule has 0 unspecified atom stereocenters. The van der Waals surface area contributed by atoms with Crippen molar-refractivity contribution in [2.75, 3.05) is 0 Å². The van der Waals surface area contributed by atoms with Crippen molar-refractivity contribution in [2.24, 2.45) is 0 Å². The molecule has 1 atom stereocenters. The van der Waals surface area contributed by atoms with Crippen LogP contribution in [0.2, 0.25) is 5.02 Å². The van der Waals surface area contributed by atoms with Gasteiger partial charge in [-0.2, -0.15) is 0 Å². The minimum absolute atomic E-state index is 0.184. The maximum absolute atomic E-state index is 13.2. The van der Waals surface area contributed by atoms with Gasteiger partial charge in [-0.25, -0.2) is 0 Å². The van der Waals surface area contributed by atoms with E-state index in [4.69, 9.17) is 11.6 Å². The van der Waals surface area contributed by atoms with Crippen molar-refractivity contribution < 1.29 is 9.90 Å². The Morgan fingerprint density at radius 1 is 0.935 bits per heavy atom. The molecular weight excluding hydrogens is 406 g/mol. The summed E-state index contributed by atoms with van der Waals surface area (Å²) in [5, 5.41) is 11.6. The molecule has 0 saturated carbocycles. The normalized spacial score (nSPS) is 16.5. The highest BCUT2D eigenvalue weighted by Gasteiger charge is 2.40. The van der Waals surface area contributed by atoms with Crippen molar-refractivity contribution in [2.45, 2.75) is 39.3 Å². The van der Waals surface area contributed by atoms with Crippen molar-refractivity contribution in [1.82, 2.24) is 4.90 Å². The molecule has 1 N–H and O–H groups in total. The fraction of sp³-hybridized carbons (Fsp3) is 0.222. The second-order valence-electron chi connectivity index (χ2n) is 8.41. The largest absolute Gasteiger partial charge is 0.503 e. The first-order valence-corrected chi connectivity index (χ1v) is 10.9. The summed E-state index contributed by atoms with van der Waals surface area (Å²) in [6, 6.07) is 23.4. The lowest BCUT2D eigenvalue weighted by Crippen LogP contribution is -2.29. The second kappa shape index (κ2) is 8.60. The Balaban J connectivity index is 1.79. The zero-order valence-corrected chi connectivity index (χ0v) is 18.7. The van der Waals surface area contributed by atoms with Gasteiger partial charge in [0.2, 0.25) is 0 Å². The van der Waals surface area contributed by atoms with Gasteiger partial charge >= 0.3 is 0 Å². The Kier molecular flexibility index (Phi) is 5.88. The van der Waals surface area contributed by atoms with Crippen LogP contribution in [0.15, 0.2) is 78.6 Å². The fourth-order valence-corrected chi connectivity index (χ4v) is 4.17. The lowest BCUT2D eigenvalue weighted by molar-refractivity contribution is -0.130. The molecule has 31 heavy (non-hydrogen) atoms. The zero-order valence-electron chi connectivity index (χ0n) is 18.0. The molecule has 3 nitrogen and oxygen atoms in total. The van der Waals surface area contributed by atoms with Crippen LogP contribution in [0.25, 0.3) is 5.57 Å². The summed E-state index contributed by atoms with van der Waals surface area (Å²) in [7, 11) is 0. The molecule has 1 amide bonds. The Bertz CT molecular complexity index is 1110. The van der Waals surface area contributed by atoms with E-state index in [0.717, 1.165) is 22.3 Å². The maximum Gasteiger partial charge on any atom is 0.290 e. The topological polar surface area (TPSA) is 40.5 Å². The van der Waals surface area contributed by atoms with Crippen LogP contribution in [0.1, 0.15) is 53.6 Å². The fourth-order valence-electron chi connectivity index (χ4n) is 4.04. The molecule has 0 aromatic heterocycles. The highest BCUT2D eigenvalue weighted by atomic mass is 35.5. The first-order chi connectivity index (χ1) is 14.8. The number of aryl methyl sites for hydroxylation is 1. The summed E-state index contributed by atoms with van der Waals surface area (Å²) in [6.07, 6.45) is 0. The number of aliphatic hydroxyl groups is 1. The van der Waals surface area contributed by atoms with Crippen LogP contribution < -0.4 is 0 Å². The molecule has 0 spiro atoms. The number of amides is 1. The Morgan fingerprint density at radius 3 is 2.13 bits per heavy atom. The molecule has 1 aliphatic heterocycles. The van der Waals surface area contributed by atoms with E-state index in [2.05, 4.69) is 38.1 Å². The van der Waals surface area contributed by atoms with Crippen molar-refractivity contribution in [3.63, 3.8) is 0 Å². The third-order valence-electron chi connectivity index (χ3n) is 5.85. The van der Waals surface area contributed by atoms with E-state index >= 15 is 0 Å². The third-order valence-corrected chi connectivity index (χ3v) is 6.10. The predicted octanol–water partition coefficient (Wildman–Crippen LogP) is 6.82. The molecule has 0 aliphatic carbocycles. The zero-order chi connectivity index (χ0) is 22.1. The molecule has 0 bridgehead atoms. The van der Waals surface area contributed by atoms with E-state index in [9.17, 15) is 9.90 Å². The van der Waals surface area contributed by atoms with E-state index in [0.29, 0.717) is 23.1 Å². The van der Waals surface area contributed by atoms with E-state index in [-0.39, 0.29) is 17.7 Å². The predicted molar refractivity (Wildman–Crippen MR) is 126 cm³/mol. The second-order valence-corrected chi connectivity index (χ2v) is 8.85. The van der Waals surface area contributed by atoms with Crippen LogP contribution in [-0.4, -0.2) is 15.9 Å². The molecule has 1 aliphatic rings. The summed E-state index contributed by atoms with van der Waals surface area (Å²) in [6.45, 7) is 6.72. The average molecular weight is 432 g/mol. The number of benzene rings is 3. The van der Waals surface area contributed by atoms with Crippen molar-refractivity contribution in [1.29, 1.82) is 0 Å².